The number of hydrogen-bond acceptors (Lipinski definition) is 7. The highest BCUT2D eigenvalue weighted by Crippen LogP contribution is 2.26. The minimum absolute atomic E-state index is 0.131. The zero-order chi connectivity index (χ0) is 15.1. The number of anilines is 1. The molecule has 0 spiro atoms. The Morgan fingerprint density at radius 1 is 1.27 bits per heavy atom. The summed E-state index contributed by atoms with van der Waals surface area (Å²) in [6.45, 7) is 1.72. The number of hydrogen-bond donors (Lipinski definition) is 1. The van der Waals surface area contributed by atoms with Crippen LogP contribution in [0.25, 0.3) is 22.0 Å². The number of rotatable bonds is 2. The molecule has 0 saturated carbocycles. The highest BCUT2D eigenvalue weighted by atomic mass is 32.1. The number of carbonyl (C=O) groups excluding carboxylic acids is 1. The van der Waals surface area contributed by atoms with Gasteiger partial charge in [0.05, 0.1) is 11.2 Å². The average molecular weight is 311 g/mol. The van der Waals surface area contributed by atoms with Crippen LogP contribution in [0.4, 0.5) is 6.01 Å². The molecule has 0 saturated heterocycles. The van der Waals surface area contributed by atoms with E-state index < -0.39 is 0 Å². The summed E-state index contributed by atoms with van der Waals surface area (Å²) < 4.78 is 9.30. The van der Waals surface area contributed by atoms with Gasteiger partial charge >= 0.3 is 6.01 Å². The second-order valence-corrected chi connectivity index (χ2v) is 5.40. The summed E-state index contributed by atoms with van der Waals surface area (Å²) in [7, 11) is 0. The number of benzene rings is 1. The molecule has 0 aliphatic carbocycles. The number of nitrogens with zero attached hydrogens (tertiary/aromatic N) is 4. The van der Waals surface area contributed by atoms with E-state index in [0.29, 0.717) is 21.7 Å². The smallest absolute Gasteiger partial charge is 0.302 e. The summed E-state index contributed by atoms with van der Waals surface area (Å²) in [5.74, 6) is -0.337. The highest BCUT2D eigenvalue weighted by Gasteiger charge is 2.17. The van der Waals surface area contributed by atoms with Crippen molar-refractivity contribution in [2.75, 3.05) is 5.32 Å². The summed E-state index contributed by atoms with van der Waals surface area (Å²) in [4.78, 5) is 21.2. The van der Waals surface area contributed by atoms with Crippen molar-refractivity contribution in [2.24, 2.45) is 0 Å². The van der Waals surface area contributed by atoms with Crippen LogP contribution in [0.2, 0.25) is 0 Å². The molecule has 1 amide bonds. The fourth-order valence-corrected chi connectivity index (χ4v) is 2.73. The molecule has 0 atom stereocenters. The summed E-state index contributed by atoms with van der Waals surface area (Å²) in [6, 6.07) is 7.64. The number of pyridine rings is 1. The third-order valence-electron chi connectivity index (χ3n) is 3.21. The van der Waals surface area contributed by atoms with Crippen molar-refractivity contribution >= 4 is 45.5 Å². The van der Waals surface area contributed by atoms with Gasteiger partial charge in [0.15, 0.2) is 5.58 Å². The van der Waals surface area contributed by atoms with Crippen LogP contribution in [0.3, 0.4) is 0 Å². The van der Waals surface area contributed by atoms with Gasteiger partial charge in [0, 0.05) is 11.6 Å². The summed E-state index contributed by atoms with van der Waals surface area (Å²) in [5.41, 5.74) is 2.50. The van der Waals surface area contributed by atoms with Crippen LogP contribution in [-0.4, -0.2) is 25.5 Å². The first-order valence-corrected chi connectivity index (χ1v) is 7.24. The normalized spacial score (nSPS) is 11.1. The van der Waals surface area contributed by atoms with Gasteiger partial charge < -0.3 is 4.42 Å². The lowest BCUT2D eigenvalue weighted by atomic mass is 10.2. The summed E-state index contributed by atoms with van der Waals surface area (Å²) >= 11 is 1.03. The van der Waals surface area contributed by atoms with Crippen molar-refractivity contribution in [2.45, 2.75) is 6.92 Å². The second-order valence-electron chi connectivity index (χ2n) is 4.65. The number of fused-ring (bicyclic) bond motifs is 3. The topological polar surface area (TPSA) is 93.8 Å². The SMILES string of the molecule is Cc1nnsc1C(=O)Nc1nc2c(ccc3cccnc32)o1. The van der Waals surface area contributed by atoms with Gasteiger partial charge in [-0.3, -0.25) is 15.1 Å². The maximum absolute atomic E-state index is 12.1. The molecule has 7 nitrogen and oxygen atoms in total. The molecular weight excluding hydrogens is 302 g/mol. The Kier molecular flexibility index (Phi) is 2.83. The summed E-state index contributed by atoms with van der Waals surface area (Å²) in [6.07, 6.45) is 1.70. The van der Waals surface area contributed by atoms with E-state index in [4.69, 9.17) is 4.42 Å². The van der Waals surface area contributed by atoms with Crippen molar-refractivity contribution in [3.05, 3.63) is 41.0 Å². The molecule has 3 heterocycles. The number of carbonyl (C=O) groups is 1. The largest absolute Gasteiger partial charge is 0.423 e. The van der Waals surface area contributed by atoms with Crippen molar-refractivity contribution < 1.29 is 9.21 Å². The molecule has 1 N–H and O–H groups in total. The quantitative estimate of drug-likeness (QED) is 0.612. The standard InChI is InChI=1S/C14H9N5O2S/c1-7-12(22-19-18-7)13(20)17-14-16-11-9(21-14)5-4-8-3-2-6-15-10(8)11/h2-6H,1H3,(H,16,17,20). The van der Waals surface area contributed by atoms with E-state index in [-0.39, 0.29) is 11.9 Å². The average Bonchev–Trinajstić information content (AvgIpc) is 3.12. The molecule has 0 fully saturated rings. The molecule has 1 aromatic carbocycles. The number of oxazole rings is 1. The second kappa shape index (κ2) is 4.85. The van der Waals surface area contributed by atoms with Crippen molar-refractivity contribution in [1.29, 1.82) is 0 Å². The Balaban J connectivity index is 1.75. The van der Waals surface area contributed by atoms with Crippen LogP contribution in [0.5, 0.6) is 0 Å². The first-order valence-electron chi connectivity index (χ1n) is 6.47. The number of nitrogens with one attached hydrogen (secondary N) is 1. The van der Waals surface area contributed by atoms with Gasteiger partial charge in [0.2, 0.25) is 0 Å². The van der Waals surface area contributed by atoms with E-state index >= 15 is 0 Å². The number of aromatic nitrogens is 4. The van der Waals surface area contributed by atoms with E-state index in [1.54, 1.807) is 13.1 Å². The molecule has 0 aliphatic rings. The predicted octanol–water partition coefficient (Wildman–Crippen LogP) is 2.79. The minimum Gasteiger partial charge on any atom is -0.423 e. The van der Waals surface area contributed by atoms with Gasteiger partial charge in [-0.15, -0.1) is 5.10 Å². The Morgan fingerprint density at radius 3 is 3.00 bits per heavy atom. The molecule has 4 aromatic rings. The summed E-state index contributed by atoms with van der Waals surface area (Å²) in [5, 5.41) is 7.40. The zero-order valence-electron chi connectivity index (χ0n) is 11.4. The van der Waals surface area contributed by atoms with Crippen molar-refractivity contribution in [3.63, 3.8) is 0 Å². The Hall–Kier alpha value is -2.87. The van der Waals surface area contributed by atoms with Gasteiger partial charge in [0.1, 0.15) is 10.4 Å². The number of amides is 1. The maximum atomic E-state index is 12.1. The fourth-order valence-electron chi connectivity index (χ4n) is 2.18. The van der Waals surface area contributed by atoms with E-state index in [9.17, 15) is 4.79 Å². The lowest BCUT2D eigenvalue weighted by Crippen LogP contribution is -2.11. The molecule has 0 bridgehead atoms. The maximum Gasteiger partial charge on any atom is 0.302 e. The van der Waals surface area contributed by atoms with Crippen LogP contribution in [0, 0.1) is 6.92 Å². The van der Waals surface area contributed by atoms with E-state index in [1.165, 1.54) is 0 Å². The van der Waals surface area contributed by atoms with Gasteiger partial charge in [0.25, 0.3) is 5.91 Å². The molecular formula is C14H9N5O2S. The van der Waals surface area contributed by atoms with Crippen molar-refractivity contribution in [3.8, 4) is 0 Å². The van der Waals surface area contributed by atoms with Crippen LogP contribution >= 0.6 is 11.5 Å². The molecule has 0 radical (unpaired) electrons. The Labute approximate surface area is 128 Å². The molecule has 22 heavy (non-hydrogen) atoms. The predicted molar refractivity (Wildman–Crippen MR) is 81.9 cm³/mol. The van der Waals surface area contributed by atoms with Crippen molar-refractivity contribution in [1.82, 2.24) is 19.6 Å². The molecule has 8 heteroatoms. The van der Waals surface area contributed by atoms with E-state index in [1.807, 2.05) is 24.3 Å². The molecule has 4 rings (SSSR count). The molecule has 0 unspecified atom stereocenters. The van der Waals surface area contributed by atoms with Crippen LogP contribution in [0.1, 0.15) is 15.4 Å². The van der Waals surface area contributed by atoms with Crippen LogP contribution in [-0.2, 0) is 0 Å². The van der Waals surface area contributed by atoms with Gasteiger partial charge in [-0.05, 0) is 36.7 Å². The lowest BCUT2D eigenvalue weighted by Gasteiger charge is -1.96. The minimum atomic E-state index is -0.337. The lowest BCUT2D eigenvalue weighted by molar-refractivity contribution is 0.102. The number of aryl methyl sites for hydroxylation is 1. The van der Waals surface area contributed by atoms with Gasteiger partial charge in [-0.1, -0.05) is 10.6 Å². The third kappa shape index (κ3) is 2.01. The Bertz CT molecular complexity index is 1010. The van der Waals surface area contributed by atoms with Gasteiger partial charge in [-0.2, -0.15) is 4.98 Å². The van der Waals surface area contributed by atoms with E-state index in [0.717, 1.165) is 22.4 Å². The first kappa shape index (κ1) is 12.8. The van der Waals surface area contributed by atoms with Crippen LogP contribution < -0.4 is 5.32 Å². The highest BCUT2D eigenvalue weighted by molar-refractivity contribution is 7.08. The fraction of sp³-hybridized carbons (Fsp3) is 0.0714. The van der Waals surface area contributed by atoms with Gasteiger partial charge in [-0.25, -0.2) is 0 Å². The Morgan fingerprint density at radius 2 is 2.18 bits per heavy atom. The molecule has 0 aliphatic heterocycles. The van der Waals surface area contributed by atoms with Crippen LogP contribution in [0.15, 0.2) is 34.9 Å². The third-order valence-corrected chi connectivity index (χ3v) is 4.04. The molecule has 3 aromatic heterocycles. The zero-order valence-corrected chi connectivity index (χ0v) is 12.2. The monoisotopic (exact) mass is 311 g/mol. The van der Waals surface area contributed by atoms with E-state index in [2.05, 4.69) is 24.9 Å². The first-order chi connectivity index (χ1) is 10.7. The molecule has 108 valence electrons.